The summed E-state index contributed by atoms with van der Waals surface area (Å²) in [6, 6.07) is 2.17. The van der Waals surface area contributed by atoms with E-state index in [0.29, 0.717) is 16.3 Å². The van der Waals surface area contributed by atoms with Crippen LogP contribution >= 0.6 is 22.9 Å². The Bertz CT molecular complexity index is 869. The summed E-state index contributed by atoms with van der Waals surface area (Å²) in [7, 11) is 0. The van der Waals surface area contributed by atoms with E-state index in [1.807, 2.05) is 0 Å². The molecule has 0 spiro atoms. The molecule has 0 radical (unpaired) electrons. The van der Waals surface area contributed by atoms with Crippen LogP contribution in [0.3, 0.4) is 0 Å². The van der Waals surface area contributed by atoms with Crippen LogP contribution in [0.1, 0.15) is 46.7 Å². The lowest BCUT2D eigenvalue weighted by atomic mass is 9.96. The molecule has 1 amide bonds. The summed E-state index contributed by atoms with van der Waals surface area (Å²) in [4.78, 5) is 13.4. The van der Waals surface area contributed by atoms with Crippen molar-refractivity contribution < 1.29 is 13.6 Å². The third kappa shape index (κ3) is 3.39. The number of nitrogens with one attached hydrogen (secondary N) is 1. The van der Waals surface area contributed by atoms with E-state index in [1.165, 1.54) is 18.3 Å². The maximum Gasteiger partial charge on any atom is 0.283 e. The molecule has 1 N–H and O–H groups in total. The van der Waals surface area contributed by atoms with E-state index < -0.39 is 18.0 Å². The molecule has 5 nitrogen and oxygen atoms in total. The fourth-order valence-electron chi connectivity index (χ4n) is 2.92. The number of thiophene rings is 1. The van der Waals surface area contributed by atoms with E-state index in [9.17, 15) is 18.8 Å². The molecule has 9 heteroatoms. The molecule has 25 heavy (non-hydrogen) atoms. The molecule has 0 atom stereocenters. The zero-order valence-corrected chi connectivity index (χ0v) is 15.0. The molecule has 2 heterocycles. The van der Waals surface area contributed by atoms with Crippen LogP contribution in [0.4, 0.5) is 13.8 Å². The summed E-state index contributed by atoms with van der Waals surface area (Å²) in [5.74, 6) is -0.432. The van der Waals surface area contributed by atoms with Gasteiger partial charge in [0, 0.05) is 4.88 Å². The molecule has 0 aliphatic heterocycles. The second-order valence-corrected chi connectivity index (χ2v) is 7.30. The van der Waals surface area contributed by atoms with Crippen molar-refractivity contribution in [3.63, 3.8) is 0 Å². The topological polar surface area (TPSA) is 70.7 Å². The maximum atomic E-state index is 12.8. The van der Waals surface area contributed by atoms with E-state index in [1.54, 1.807) is 0 Å². The molecule has 3 rings (SSSR count). The first-order valence-electron chi connectivity index (χ1n) is 7.77. The lowest BCUT2D eigenvalue weighted by Gasteiger charge is -2.09. The molecule has 2 aromatic rings. The van der Waals surface area contributed by atoms with Gasteiger partial charge in [-0.25, -0.2) is 8.78 Å². The van der Waals surface area contributed by atoms with Crippen molar-refractivity contribution in [2.24, 2.45) is 0 Å². The first-order chi connectivity index (χ1) is 11.9. The molecule has 132 valence electrons. The molecule has 0 bridgehead atoms. The zero-order chi connectivity index (χ0) is 18.1. The van der Waals surface area contributed by atoms with Crippen LogP contribution in [0.15, 0.2) is 0 Å². The highest BCUT2D eigenvalue weighted by atomic mass is 35.5. The molecule has 1 aliphatic carbocycles. The number of aryl methyl sites for hydroxylation is 1. The third-order valence-electron chi connectivity index (χ3n) is 4.19. The van der Waals surface area contributed by atoms with E-state index in [-0.39, 0.29) is 11.6 Å². The number of aromatic nitrogens is 2. The fraction of sp³-hybridized carbons (Fsp3) is 0.438. The van der Waals surface area contributed by atoms with Gasteiger partial charge >= 0.3 is 0 Å². The number of anilines is 1. The minimum atomic E-state index is -2.80. The Kier molecular flexibility index (Phi) is 5.06. The molecular formula is C16H15ClF2N4OS. The van der Waals surface area contributed by atoms with Crippen molar-refractivity contribution in [2.75, 3.05) is 5.32 Å². The number of halogens is 3. The van der Waals surface area contributed by atoms with E-state index in [0.717, 1.165) is 40.8 Å². The van der Waals surface area contributed by atoms with Gasteiger partial charge in [-0.1, -0.05) is 11.6 Å². The minimum Gasteiger partial charge on any atom is -0.315 e. The van der Waals surface area contributed by atoms with Crippen molar-refractivity contribution in [1.29, 1.82) is 5.26 Å². The number of rotatable bonds is 4. The fourth-order valence-corrected chi connectivity index (χ4v) is 4.39. The van der Waals surface area contributed by atoms with Crippen molar-refractivity contribution >= 4 is 33.8 Å². The monoisotopic (exact) mass is 384 g/mol. The molecule has 0 unspecified atom stereocenters. The summed E-state index contributed by atoms with van der Waals surface area (Å²) in [6.07, 6.45) is 1.07. The summed E-state index contributed by atoms with van der Waals surface area (Å²) >= 11 is 7.25. The summed E-state index contributed by atoms with van der Waals surface area (Å²) < 4.78 is 26.8. The zero-order valence-electron chi connectivity index (χ0n) is 13.4. The van der Waals surface area contributed by atoms with Gasteiger partial charge in [-0.2, -0.15) is 10.4 Å². The van der Waals surface area contributed by atoms with Gasteiger partial charge in [0.25, 0.3) is 6.43 Å². The SMILES string of the molecule is Cc1c(Cl)c(C(F)F)nn1CC(=O)Nc1sc2c(c1C#N)CCCC2. The van der Waals surface area contributed by atoms with Crippen LogP contribution < -0.4 is 5.32 Å². The Morgan fingerprint density at radius 3 is 2.84 bits per heavy atom. The van der Waals surface area contributed by atoms with Gasteiger partial charge in [0.15, 0.2) is 0 Å². The Labute approximate surface area is 152 Å². The molecule has 0 aromatic carbocycles. The van der Waals surface area contributed by atoms with E-state index in [4.69, 9.17) is 11.6 Å². The first-order valence-corrected chi connectivity index (χ1v) is 8.97. The van der Waals surface area contributed by atoms with Gasteiger partial charge < -0.3 is 5.32 Å². The number of carbonyl (C=O) groups excluding carboxylic acids is 1. The second kappa shape index (κ2) is 7.10. The van der Waals surface area contributed by atoms with Gasteiger partial charge in [0.05, 0.1) is 16.3 Å². The molecule has 0 saturated carbocycles. The summed E-state index contributed by atoms with van der Waals surface area (Å²) in [6.45, 7) is 1.28. The first kappa shape index (κ1) is 17.8. The predicted octanol–water partition coefficient (Wildman–Crippen LogP) is 4.23. The lowest BCUT2D eigenvalue weighted by molar-refractivity contribution is -0.116. The van der Waals surface area contributed by atoms with Crippen LogP contribution in [-0.2, 0) is 24.2 Å². The summed E-state index contributed by atoms with van der Waals surface area (Å²) in [5, 5.41) is 16.2. The number of nitriles is 1. The number of amides is 1. The molecule has 0 fully saturated rings. The Hall–Kier alpha value is -1.98. The molecule has 1 aliphatic rings. The normalized spacial score (nSPS) is 13.6. The predicted molar refractivity (Wildman–Crippen MR) is 91.2 cm³/mol. The third-order valence-corrected chi connectivity index (χ3v) is 5.87. The van der Waals surface area contributed by atoms with Gasteiger partial charge in [0.2, 0.25) is 5.91 Å². The lowest BCUT2D eigenvalue weighted by Crippen LogP contribution is -2.20. The van der Waals surface area contributed by atoms with Crippen molar-refractivity contribution in [3.8, 4) is 6.07 Å². The minimum absolute atomic E-state index is 0.132. The Morgan fingerprint density at radius 2 is 2.20 bits per heavy atom. The summed E-state index contributed by atoms with van der Waals surface area (Å²) in [5.41, 5.74) is 1.30. The van der Waals surface area contributed by atoms with Crippen LogP contribution in [-0.4, -0.2) is 15.7 Å². The van der Waals surface area contributed by atoms with Crippen molar-refractivity contribution in [2.45, 2.75) is 45.6 Å². The molecular weight excluding hydrogens is 370 g/mol. The van der Waals surface area contributed by atoms with Crippen LogP contribution in [0.5, 0.6) is 0 Å². The van der Waals surface area contributed by atoms with Gasteiger partial charge in [-0.15, -0.1) is 11.3 Å². The van der Waals surface area contributed by atoms with Gasteiger partial charge in [-0.05, 0) is 38.2 Å². The van der Waals surface area contributed by atoms with Gasteiger partial charge in [0.1, 0.15) is 23.3 Å². The molecule has 0 saturated heterocycles. The van der Waals surface area contributed by atoms with Gasteiger partial charge in [-0.3, -0.25) is 9.48 Å². The maximum absolute atomic E-state index is 12.8. The standard InChI is InChI=1S/C16H15ClF2N4OS/c1-8-13(17)14(15(18)19)22-23(8)7-12(24)21-16-10(6-20)9-4-2-3-5-11(9)25-16/h15H,2-5,7H2,1H3,(H,21,24). The van der Waals surface area contributed by atoms with Crippen molar-refractivity contribution in [3.05, 3.63) is 32.4 Å². The van der Waals surface area contributed by atoms with Crippen molar-refractivity contribution in [1.82, 2.24) is 9.78 Å². The number of alkyl halides is 2. The molecule has 2 aromatic heterocycles. The average molecular weight is 385 g/mol. The highest BCUT2D eigenvalue weighted by molar-refractivity contribution is 7.16. The van der Waals surface area contributed by atoms with Crippen LogP contribution in [0.2, 0.25) is 5.02 Å². The van der Waals surface area contributed by atoms with E-state index in [2.05, 4.69) is 16.5 Å². The largest absolute Gasteiger partial charge is 0.315 e. The number of nitrogens with zero attached hydrogens (tertiary/aromatic N) is 3. The second-order valence-electron chi connectivity index (χ2n) is 5.82. The van der Waals surface area contributed by atoms with Crippen LogP contribution in [0, 0.1) is 18.3 Å². The Morgan fingerprint density at radius 1 is 1.48 bits per heavy atom. The van der Waals surface area contributed by atoms with E-state index >= 15 is 0 Å². The smallest absolute Gasteiger partial charge is 0.283 e. The number of hydrogen-bond acceptors (Lipinski definition) is 4. The number of hydrogen-bond donors (Lipinski definition) is 1. The Balaban J connectivity index is 1.79. The number of fused-ring (bicyclic) bond motifs is 1. The highest BCUT2D eigenvalue weighted by Crippen LogP contribution is 2.37. The quantitative estimate of drug-likeness (QED) is 0.857. The average Bonchev–Trinajstić information content (AvgIpc) is 3.06. The van der Waals surface area contributed by atoms with Crippen LogP contribution in [0.25, 0.3) is 0 Å². The number of carbonyl (C=O) groups is 1. The highest BCUT2D eigenvalue weighted by Gasteiger charge is 2.24.